The molecule has 1 aromatic rings. The van der Waals surface area contributed by atoms with E-state index in [1.807, 2.05) is 6.92 Å². The first kappa shape index (κ1) is 14.4. The Morgan fingerprint density at radius 3 is 2.78 bits per heavy atom. The number of rotatable bonds is 5. The Balaban J connectivity index is 2.97. The van der Waals surface area contributed by atoms with Crippen molar-refractivity contribution in [1.29, 1.82) is 0 Å². The molecule has 0 spiro atoms. The number of carbonyl (C=O) groups is 1. The summed E-state index contributed by atoms with van der Waals surface area (Å²) in [5.74, 6) is 0.297. The van der Waals surface area contributed by atoms with Gasteiger partial charge in [0, 0.05) is 7.05 Å². The highest BCUT2D eigenvalue weighted by Gasteiger charge is 2.20. The number of nitrogens with zero attached hydrogens (tertiary/aromatic N) is 2. The molecule has 6 nitrogen and oxygen atoms in total. The molecule has 0 radical (unpaired) electrons. The summed E-state index contributed by atoms with van der Waals surface area (Å²) in [6.45, 7) is 5.63. The van der Waals surface area contributed by atoms with Crippen molar-refractivity contribution in [3.63, 3.8) is 0 Å². The lowest BCUT2D eigenvalue weighted by Gasteiger charge is -2.15. The maximum Gasteiger partial charge on any atom is 0.328 e. The van der Waals surface area contributed by atoms with Crippen LogP contribution in [-0.4, -0.2) is 33.4 Å². The smallest absolute Gasteiger partial charge is 0.328 e. The molecule has 0 aliphatic rings. The fraction of sp³-hybridized carbons (Fsp3) is 0.545. The molecule has 0 bridgehead atoms. The second-order valence-electron chi connectivity index (χ2n) is 3.91. The van der Waals surface area contributed by atoms with Gasteiger partial charge in [0.2, 0.25) is 0 Å². The third-order valence-electron chi connectivity index (χ3n) is 2.46. The number of nitrogens with one attached hydrogen (secondary N) is 1. The van der Waals surface area contributed by atoms with Crippen molar-refractivity contribution in [2.45, 2.75) is 26.8 Å². The molecule has 0 aromatic carbocycles. The number of hydrogen-bond acceptors (Lipinski definition) is 5. The first-order valence-electron chi connectivity index (χ1n) is 5.65. The summed E-state index contributed by atoms with van der Waals surface area (Å²) in [5.41, 5.74) is 7.04. The SMILES string of the molecule is CCOC(=O)C(C)Nc1c(C(N)=S)c(C)nn1C. The van der Waals surface area contributed by atoms with E-state index in [9.17, 15) is 4.79 Å². The summed E-state index contributed by atoms with van der Waals surface area (Å²) in [5, 5.41) is 7.25. The van der Waals surface area contributed by atoms with Crippen LogP contribution in [0.2, 0.25) is 0 Å². The van der Waals surface area contributed by atoms with Gasteiger partial charge in [0.15, 0.2) is 0 Å². The third-order valence-corrected chi connectivity index (χ3v) is 2.67. The van der Waals surface area contributed by atoms with Gasteiger partial charge in [-0.3, -0.25) is 4.68 Å². The fourth-order valence-corrected chi connectivity index (χ4v) is 1.89. The first-order chi connectivity index (χ1) is 8.38. The lowest BCUT2D eigenvalue weighted by molar-refractivity contribution is -0.143. The van der Waals surface area contributed by atoms with Gasteiger partial charge in [0.25, 0.3) is 0 Å². The van der Waals surface area contributed by atoms with Crippen LogP contribution >= 0.6 is 12.2 Å². The molecular formula is C11H18N4O2S. The van der Waals surface area contributed by atoms with Crippen LogP contribution in [0.1, 0.15) is 25.1 Å². The van der Waals surface area contributed by atoms with Gasteiger partial charge in [0.05, 0.1) is 17.9 Å². The van der Waals surface area contributed by atoms with E-state index >= 15 is 0 Å². The third kappa shape index (κ3) is 2.98. The lowest BCUT2D eigenvalue weighted by Crippen LogP contribution is -2.30. The number of esters is 1. The van der Waals surface area contributed by atoms with Gasteiger partial charge in [0.1, 0.15) is 16.8 Å². The Labute approximate surface area is 111 Å². The molecule has 0 aliphatic heterocycles. The quantitative estimate of drug-likeness (QED) is 0.606. The van der Waals surface area contributed by atoms with Crippen LogP contribution in [0.5, 0.6) is 0 Å². The van der Waals surface area contributed by atoms with Crippen LogP contribution in [-0.2, 0) is 16.6 Å². The maximum absolute atomic E-state index is 11.6. The predicted molar refractivity (Wildman–Crippen MR) is 73.6 cm³/mol. The Bertz CT molecular complexity index is 470. The number of anilines is 1. The minimum atomic E-state index is -0.493. The molecule has 100 valence electrons. The van der Waals surface area contributed by atoms with E-state index in [0.717, 1.165) is 5.69 Å². The second-order valence-corrected chi connectivity index (χ2v) is 4.35. The molecule has 1 rings (SSSR count). The number of aromatic nitrogens is 2. The largest absolute Gasteiger partial charge is 0.464 e. The average Bonchev–Trinajstić information content (AvgIpc) is 2.54. The fourth-order valence-electron chi connectivity index (χ4n) is 1.65. The maximum atomic E-state index is 11.6. The van der Waals surface area contributed by atoms with Crippen molar-refractivity contribution in [2.24, 2.45) is 12.8 Å². The summed E-state index contributed by atoms with van der Waals surface area (Å²) in [6.07, 6.45) is 0. The number of nitrogens with two attached hydrogens (primary N) is 1. The van der Waals surface area contributed by atoms with Gasteiger partial charge in [-0.2, -0.15) is 5.10 Å². The zero-order chi connectivity index (χ0) is 13.9. The van der Waals surface area contributed by atoms with Crippen molar-refractivity contribution < 1.29 is 9.53 Å². The summed E-state index contributed by atoms with van der Waals surface area (Å²) in [6, 6.07) is -0.493. The first-order valence-corrected chi connectivity index (χ1v) is 6.05. The molecule has 1 atom stereocenters. The molecule has 0 amide bonds. The van der Waals surface area contributed by atoms with Crippen molar-refractivity contribution in [1.82, 2.24) is 9.78 Å². The highest BCUT2D eigenvalue weighted by molar-refractivity contribution is 7.80. The molecule has 7 heteroatoms. The normalized spacial score (nSPS) is 12.0. The van der Waals surface area contributed by atoms with E-state index in [4.69, 9.17) is 22.7 Å². The lowest BCUT2D eigenvalue weighted by atomic mass is 10.2. The summed E-state index contributed by atoms with van der Waals surface area (Å²) in [7, 11) is 1.76. The van der Waals surface area contributed by atoms with E-state index in [-0.39, 0.29) is 11.0 Å². The average molecular weight is 270 g/mol. The molecule has 1 unspecified atom stereocenters. The minimum Gasteiger partial charge on any atom is -0.464 e. The second kappa shape index (κ2) is 5.81. The van der Waals surface area contributed by atoms with E-state index in [1.54, 1.807) is 25.6 Å². The zero-order valence-electron chi connectivity index (χ0n) is 11.0. The Morgan fingerprint density at radius 2 is 2.28 bits per heavy atom. The molecule has 18 heavy (non-hydrogen) atoms. The molecule has 0 fully saturated rings. The van der Waals surface area contributed by atoms with Crippen molar-refractivity contribution in [3.05, 3.63) is 11.3 Å². The van der Waals surface area contributed by atoms with E-state index in [0.29, 0.717) is 18.0 Å². The number of carbonyl (C=O) groups excluding carboxylic acids is 1. The zero-order valence-corrected chi connectivity index (χ0v) is 11.8. The van der Waals surface area contributed by atoms with Gasteiger partial charge in [-0.15, -0.1) is 0 Å². The molecule has 0 saturated heterocycles. The van der Waals surface area contributed by atoms with Crippen molar-refractivity contribution in [2.75, 3.05) is 11.9 Å². The topological polar surface area (TPSA) is 82.2 Å². The number of thiocarbonyl (C=S) groups is 1. The van der Waals surface area contributed by atoms with Gasteiger partial charge in [-0.05, 0) is 20.8 Å². The van der Waals surface area contributed by atoms with Crippen LogP contribution in [0.4, 0.5) is 5.82 Å². The van der Waals surface area contributed by atoms with Crippen molar-refractivity contribution in [3.8, 4) is 0 Å². The van der Waals surface area contributed by atoms with Crippen LogP contribution in [0.15, 0.2) is 0 Å². The van der Waals surface area contributed by atoms with Crippen LogP contribution in [0.25, 0.3) is 0 Å². The van der Waals surface area contributed by atoms with Crippen molar-refractivity contribution >= 4 is 29.0 Å². The summed E-state index contributed by atoms with van der Waals surface area (Å²) >= 11 is 4.99. The number of hydrogen-bond donors (Lipinski definition) is 2. The van der Waals surface area contributed by atoms with Gasteiger partial charge in [-0.1, -0.05) is 12.2 Å². The molecule has 1 heterocycles. The Morgan fingerprint density at radius 1 is 1.67 bits per heavy atom. The van der Waals surface area contributed by atoms with Gasteiger partial charge < -0.3 is 15.8 Å². The predicted octanol–water partition coefficient (Wildman–Crippen LogP) is 0.726. The standard InChI is InChI=1S/C11H18N4O2S/c1-5-17-11(16)7(3)13-10-8(9(12)18)6(2)14-15(10)4/h7,13H,5H2,1-4H3,(H2,12,18). The van der Waals surface area contributed by atoms with E-state index < -0.39 is 6.04 Å². The Kier molecular flexibility index (Phi) is 4.66. The molecule has 0 saturated carbocycles. The van der Waals surface area contributed by atoms with Crippen LogP contribution in [0.3, 0.4) is 0 Å². The highest BCUT2D eigenvalue weighted by Crippen LogP contribution is 2.19. The summed E-state index contributed by atoms with van der Waals surface area (Å²) in [4.78, 5) is 11.8. The molecular weight excluding hydrogens is 252 g/mol. The monoisotopic (exact) mass is 270 g/mol. The van der Waals surface area contributed by atoms with Gasteiger partial charge in [-0.25, -0.2) is 4.79 Å². The van der Waals surface area contributed by atoms with Gasteiger partial charge >= 0.3 is 5.97 Å². The Hall–Kier alpha value is -1.63. The minimum absolute atomic E-state index is 0.249. The summed E-state index contributed by atoms with van der Waals surface area (Å²) < 4.78 is 6.54. The highest BCUT2D eigenvalue weighted by atomic mass is 32.1. The molecule has 3 N–H and O–H groups in total. The molecule has 1 aromatic heterocycles. The number of aryl methyl sites for hydroxylation is 2. The number of ether oxygens (including phenoxy) is 1. The van der Waals surface area contributed by atoms with E-state index in [1.165, 1.54) is 0 Å². The van der Waals surface area contributed by atoms with Crippen LogP contribution in [0, 0.1) is 6.92 Å². The van der Waals surface area contributed by atoms with E-state index in [2.05, 4.69) is 10.4 Å². The molecule has 0 aliphatic carbocycles. The van der Waals surface area contributed by atoms with Crippen LogP contribution < -0.4 is 11.1 Å².